The number of amides is 4. The van der Waals surface area contributed by atoms with Gasteiger partial charge in [-0.15, -0.1) is 0 Å². The Morgan fingerprint density at radius 3 is 2.26 bits per heavy atom. The number of carbonyl (C=O) groups excluding carboxylic acids is 4. The number of anilines is 1. The number of aryl methyl sites for hydroxylation is 1. The maximum Gasteiger partial charge on any atom is 0.408 e. The summed E-state index contributed by atoms with van der Waals surface area (Å²) in [6, 6.07) is 19.8. The highest BCUT2D eigenvalue weighted by Gasteiger charge is 2.36. The number of primary amides is 1. The first-order chi connectivity index (χ1) is 19.9. The third kappa shape index (κ3) is 8.80. The summed E-state index contributed by atoms with van der Waals surface area (Å²) in [5, 5.41) is 17.0. The van der Waals surface area contributed by atoms with Gasteiger partial charge in [0.15, 0.2) is 0 Å². The van der Waals surface area contributed by atoms with Gasteiger partial charge in [-0.05, 0) is 67.6 Å². The van der Waals surface area contributed by atoms with Crippen molar-refractivity contribution in [3.05, 3.63) is 77.9 Å². The molecule has 0 saturated carbocycles. The third-order valence-corrected chi connectivity index (χ3v) is 6.47. The van der Waals surface area contributed by atoms with E-state index in [1.807, 2.05) is 61.5 Å². The van der Waals surface area contributed by atoms with Crippen LogP contribution in [-0.4, -0.2) is 46.9 Å². The zero-order valence-electron chi connectivity index (χ0n) is 24.3. The summed E-state index contributed by atoms with van der Waals surface area (Å²) in [5.74, 6) is -1.96. The van der Waals surface area contributed by atoms with E-state index in [0.717, 1.165) is 27.7 Å². The van der Waals surface area contributed by atoms with Crippen LogP contribution < -0.4 is 16.4 Å². The predicted octanol–water partition coefficient (Wildman–Crippen LogP) is 4.59. The maximum atomic E-state index is 14.0. The minimum absolute atomic E-state index is 0.150. The van der Waals surface area contributed by atoms with E-state index in [1.54, 1.807) is 39.0 Å². The van der Waals surface area contributed by atoms with Crippen LogP contribution in [0.5, 0.6) is 0 Å². The van der Waals surface area contributed by atoms with Crippen molar-refractivity contribution in [2.75, 3.05) is 11.9 Å². The van der Waals surface area contributed by atoms with Crippen LogP contribution in [0.15, 0.2) is 66.7 Å². The highest BCUT2D eigenvalue weighted by atomic mass is 16.6. The molecule has 0 heterocycles. The molecule has 0 aliphatic carbocycles. The van der Waals surface area contributed by atoms with Gasteiger partial charge in [-0.3, -0.25) is 14.4 Å². The minimum Gasteiger partial charge on any atom is -0.444 e. The number of hydrogen-bond acceptors (Lipinski definition) is 6. The van der Waals surface area contributed by atoms with Crippen molar-refractivity contribution in [2.24, 2.45) is 5.73 Å². The Balaban J connectivity index is 2.02. The molecule has 0 saturated heterocycles. The van der Waals surface area contributed by atoms with Crippen LogP contribution in [0.2, 0.25) is 0 Å². The lowest BCUT2D eigenvalue weighted by molar-refractivity contribution is -0.140. The van der Waals surface area contributed by atoms with Gasteiger partial charge < -0.3 is 26.0 Å². The van der Waals surface area contributed by atoms with Crippen LogP contribution in [-0.2, 0) is 25.5 Å². The molecule has 0 bridgehead atoms. The summed E-state index contributed by atoms with van der Waals surface area (Å²) < 4.78 is 5.32. The monoisotopic (exact) mass is 571 g/mol. The molecule has 2 atom stereocenters. The number of hydrogen-bond donors (Lipinski definition) is 3. The molecule has 3 aromatic rings. The third-order valence-electron chi connectivity index (χ3n) is 6.47. The average molecular weight is 572 g/mol. The van der Waals surface area contributed by atoms with Gasteiger partial charge in [0, 0.05) is 12.1 Å². The van der Waals surface area contributed by atoms with Crippen LogP contribution >= 0.6 is 0 Å². The van der Waals surface area contributed by atoms with E-state index in [4.69, 9.17) is 10.5 Å². The van der Waals surface area contributed by atoms with Gasteiger partial charge in [0.2, 0.25) is 11.8 Å². The number of nitriles is 1. The van der Waals surface area contributed by atoms with Crippen molar-refractivity contribution < 1.29 is 23.9 Å². The Kier molecular flexibility index (Phi) is 10.6. The summed E-state index contributed by atoms with van der Waals surface area (Å²) in [4.78, 5) is 53.2. The van der Waals surface area contributed by atoms with Crippen molar-refractivity contribution >= 4 is 40.3 Å². The highest BCUT2D eigenvalue weighted by molar-refractivity contribution is 6.00. The van der Waals surface area contributed by atoms with E-state index >= 15 is 0 Å². The summed E-state index contributed by atoms with van der Waals surface area (Å²) in [6.45, 7) is 6.54. The molecule has 0 spiro atoms. The number of carbonyl (C=O) groups is 4. The first-order valence-electron chi connectivity index (χ1n) is 13.8. The molecule has 0 aliphatic heterocycles. The number of rotatable bonds is 11. The molecular weight excluding hydrogens is 534 g/mol. The Morgan fingerprint density at radius 1 is 1.00 bits per heavy atom. The number of alkyl carbamates (subject to hydrolysis) is 1. The average Bonchev–Trinajstić information content (AvgIpc) is 2.94. The van der Waals surface area contributed by atoms with E-state index in [-0.39, 0.29) is 12.8 Å². The molecule has 0 fully saturated rings. The molecule has 0 aliphatic rings. The molecule has 10 heteroatoms. The molecule has 3 aromatic carbocycles. The molecular formula is C32H37N5O5. The number of ether oxygens (including phenoxy) is 1. The van der Waals surface area contributed by atoms with Crippen LogP contribution in [0.4, 0.5) is 10.5 Å². The van der Waals surface area contributed by atoms with Gasteiger partial charge in [-0.1, -0.05) is 61.5 Å². The Labute approximate surface area is 245 Å². The lowest BCUT2D eigenvalue weighted by Gasteiger charge is -2.33. The molecule has 10 nitrogen and oxygen atoms in total. The van der Waals surface area contributed by atoms with Crippen molar-refractivity contribution in [3.63, 3.8) is 0 Å². The fourth-order valence-corrected chi connectivity index (χ4v) is 4.45. The summed E-state index contributed by atoms with van der Waals surface area (Å²) in [7, 11) is 0. The van der Waals surface area contributed by atoms with Crippen molar-refractivity contribution in [1.82, 2.24) is 10.2 Å². The lowest BCUT2D eigenvalue weighted by atomic mass is 9.99. The van der Waals surface area contributed by atoms with Gasteiger partial charge in [0.25, 0.3) is 5.91 Å². The van der Waals surface area contributed by atoms with Crippen LogP contribution in [0.1, 0.15) is 57.7 Å². The number of nitrogens with two attached hydrogens (primary N) is 1. The fourth-order valence-electron chi connectivity index (χ4n) is 4.45. The van der Waals surface area contributed by atoms with Crippen molar-refractivity contribution in [1.29, 1.82) is 5.26 Å². The topological polar surface area (TPSA) is 155 Å². The summed E-state index contributed by atoms with van der Waals surface area (Å²) >= 11 is 0. The van der Waals surface area contributed by atoms with Gasteiger partial charge in [-0.25, -0.2) is 4.79 Å². The molecule has 42 heavy (non-hydrogen) atoms. The van der Waals surface area contributed by atoms with E-state index in [9.17, 15) is 24.4 Å². The molecule has 220 valence electrons. The predicted molar refractivity (Wildman–Crippen MR) is 160 cm³/mol. The Morgan fingerprint density at radius 2 is 1.67 bits per heavy atom. The minimum atomic E-state index is -1.29. The standard InChI is InChI=1S/C32H37N5O5/c1-5-21-10-12-23(13-11-21)28(29(39)35-25-15-14-22-8-6-7-9-24(22)20-25)37(19-18-33)30(40)26(16-17-27(34)38)36-31(41)42-32(2,3)4/h6-15,20,26,28H,5,16-17,19H2,1-4H3,(H2,34,38)(H,35,39)(H,36,41). The molecule has 3 rings (SSSR count). The van der Waals surface area contributed by atoms with Gasteiger partial charge in [-0.2, -0.15) is 5.26 Å². The molecule has 2 unspecified atom stereocenters. The molecule has 4 amide bonds. The van der Waals surface area contributed by atoms with E-state index in [2.05, 4.69) is 10.6 Å². The Hall–Kier alpha value is -4.91. The normalized spacial score (nSPS) is 12.5. The second kappa shape index (κ2) is 14.1. The summed E-state index contributed by atoms with van der Waals surface area (Å²) in [5.41, 5.74) is 6.49. The Bertz CT molecular complexity index is 1470. The van der Waals surface area contributed by atoms with Crippen molar-refractivity contribution in [2.45, 2.75) is 64.6 Å². The largest absolute Gasteiger partial charge is 0.444 e. The first-order valence-corrected chi connectivity index (χ1v) is 13.8. The smallest absolute Gasteiger partial charge is 0.408 e. The zero-order chi connectivity index (χ0) is 30.9. The van der Waals surface area contributed by atoms with E-state index < -0.39 is 48.0 Å². The number of nitrogens with zero attached hydrogens (tertiary/aromatic N) is 2. The quantitative estimate of drug-likeness (QED) is 0.286. The summed E-state index contributed by atoms with van der Waals surface area (Å²) in [6.07, 6.45) is -0.481. The number of benzene rings is 3. The second-order valence-corrected chi connectivity index (χ2v) is 10.9. The van der Waals surface area contributed by atoms with E-state index in [0.29, 0.717) is 11.3 Å². The first kappa shape index (κ1) is 31.6. The maximum absolute atomic E-state index is 14.0. The highest BCUT2D eigenvalue weighted by Crippen LogP contribution is 2.27. The fraction of sp³-hybridized carbons (Fsp3) is 0.344. The molecule has 0 aromatic heterocycles. The SMILES string of the molecule is CCc1ccc(C(C(=O)Nc2ccc3ccccc3c2)N(CC#N)C(=O)C(CCC(N)=O)NC(=O)OC(C)(C)C)cc1. The lowest BCUT2D eigenvalue weighted by Crippen LogP contribution is -2.52. The van der Waals surface area contributed by atoms with Crippen LogP contribution in [0.3, 0.4) is 0 Å². The van der Waals surface area contributed by atoms with Crippen LogP contribution in [0, 0.1) is 11.3 Å². The molecule has 4 N–H and O–H groups in total. The van der Waals surface area contributed by atoms with Gasteiger partial charge >= 0.3 is 6.09 Å². The van der Waals surface area contributed by atoms with E-state index in [1.165, 1.54) is 0 Å². The van der Waals surface area contributed by atoms with Gasteiger partial charge in [0.05, 0.1) is 6.07 Å². The van der Waals surface area contributed by atoms with Gasteiger partial charge in [0.1, 0.15) is 24.2 Å². The second-order valence-electron chi connectivity index (χ2n) is 10.9. The number of nitrogens with one attached hydrogen (secondary N) is 2. The molecule has 0 radical (unpaired) electrons. The number of fused-ring (bicyclic) bond motifs is 1. The van der Waals surface area contributed by atoms with Crippen LogP contribution in [0.25, 0.3) is 10.8 Å². The van der Waals surface area contributed by atoms with Crippen molar-refractivity contribution in [3.8, 4) is 6.07 Å². The zero-order valence-corrected chi connectivity index (χ0v) is 24.3.